The molecule has 2 aliphatic rings. The maximum absolute atomic E-state index is 10.3. The van der Waals surface area contributed by atoms with E-state index >= 15 is 0 Å². The molecule has 166 valence electrons. The van der Waals surface area contributed by atoms with Gasteiger partial charge in [0.2, 0.25) is 0 Å². The van der Waals surface area contributed by atoms with Crippen molar-refractivity contribution in [3.8, 4) is 6.07 Å². The Morgan fingerprint density at radius 3 is 2.12 bits per heavy atom. The molecule has 0 unspecified atom stereocenters. The molecule has 2 heterocycles. The van der Waals surface area contributed by atoms with Crippen molar-refractivity contribution in [2.75, 3.05) is 19.2 Å². The summed E-state index contributed by atoms with van der Waals surface area (Å²) in [5.74, 6) is 0.894. The van der Waals surface area contributed by atoms with Gasteiger partial charge in [-0.25, -0.2) is 0 Å². The highest BCUT2D eigenvalue weighted by atomic mass is 32.2. The van der Waals surface area contributed by atoms with Crippen molar-refractivity contribution >= 4 is 11.8 Å². The topological polar surface area (TPSA) is 33.5 Å². The van der Waals surface area contributed by atoms with Gasteiger partial charge in [0.05, 0.1) is 41.9 Å². The molecule has 0 radical (unpaired) electrons. The first-order valence-corrected chi connectivity index (χ1v) is 12.3. The molecule has 5 heteroatoms. The average Bonchev–Trinajstić information content (AvgIpc) is 2.85. The molecule has 0 spiro atoms. The molecule has 2 aliphatic heterocycles. The van der Waals surface area contributed by atoms with E-state index < -0.39 is 0 Å². The second-order valence-corrected chi connectivity index (χ2v) is 9.72. The van der Waals surface area contributed by atoms with Crippen LogP contribution in [0.5, 0.6) is 0 Å². The Morgan fingerprint density at radius 2 is 1.48 bits per heavy atom. The summed E-state index contributed by atoms with van der Waals surface area (Å²) in [5.41, 5.74) is 5.88. The fraction of sp³-hybridized carbons (Fsp3) is 0.250. The van der Waals surface area contributed by atoms with E-state index in [0.717, 1.165) is 42.9 Å². The molecule has 0 aliphatic carbocycles. The van der Waals surface area contributed by atoms with Crippen LogP contribution in [0.2, 0.25) is 0 Å². The zero-order valence-corrected chi connectivity index (χ0v) is 19.7. The maximum atomic E-state index is 10.3. The predicted molar refractivity (Wildman–Crippen MR) is 135 cm³/mol. The Bertz CT molecular complexity index is 1150. The number of benzene rings is 3. The summed E-state index contributed by atoms with van der Waals surface area (Å²) in [6, 6.07) is 32.4. The molecule has 1 saturated heterocycles. The summed E-state index contributed by atoms with van der Waals surface area (Å²) in [7, 11) is 0. The van der Waals surface area contributed by atoms with Crippen LogP contribution in [0.1, 0.15) is 28.3 Å². The van der Waals surface area contributed by atoms with Crippen molar-refractivity contribution in [1.82, 2.24) is 14.7 Å². The lowest BCUT2D eigenvalue weighted by Crippen LogP contribution is -2.50. The maximum Gasteiger partial charge on any atom is 0.0995 e. The molecule has 5 rings (SSSR count). The van der Waals surface area contributed by atoms with Gasteiger partial charge in [-0.05, 0) is 23.6 Å². The van der Waals surface area contributed by atoms with E-state index in [1.807, 2.05) is 0 Å². The highest BCUT2D eigenvalue weighted by molar-refractivity contribution is 8.03. The van der Waals surface area contributed by atoms with E-state index in [0.29, 0.717) is 0 Å². The third-order valence-electron chi connectivity index (χ3n) is 6.25. The van der Waals surface area contributed by atoms with Crippen LogP contribution in [0.4, 0.5) is 0 Å². The normalized spacial score (nSPS) is 19.3. The van der Waals surface area contributed by atoms with Gasteiger partial charge in [0.1, 0.15) is 0 Å². The lowest BCUT2D eigenvalue weighted by molar-refractivity contribution is 0.0630. The molecule has 0 aromatic heterocycles. The molecule has 4 nitrogen and oxygen atoms in total. The summed E-state index contributed by atoms with van der Waals surface area (Å²) < 4.78 is 0. The van der Waals surface area contributed by atoms with Gasteiger partial charge in [0.25, 0.3) is 0 Å². The van der Waals surface area contributed by atoms with Crippen LogP contribution in [-0.2, 0) is 13.1 Å². The highest BCUT2D eigenvalue weighted by Crippen LogP contribution is 2.42. The second-order valence-electron chi connectivity index (χ2n) is 8.79. The second kappa shape index (κ2) is 9.84. The van der Waals surface area contributed by atoms with E-state index in [4.69, 9.17) is 0 Å². The molecular formula is C28H28N4S. The standard InChI is InChI=1S/C28H28N4S/c1-22-12-14-25(15-13-22)27-26(16-29)28-32(20-31(27)18-24-10-6-3-7-11-24)19-30(21-33-28)17-23-8-4-2-5-9-23/h2-15,27H,17-21H2,1H3/t27-/m1/s1. The number of hydrogen-bond donors (Lipinski definition) is 0. The highest BCUT2D eigenvalue weighted by Gasteiger charge is 2.37. The van der Waals surface area contributed by atoms with Crippen molar-refractivity contribution in [2.24, 2.45) is 0 Å². The van der Waals surface area contributed by atoms with E-state index in [1.54, 1.807) is 11.8 Å². The Kier molecular flexibility index (Phi) is 6.50. The van der Waals surface area contributed by atoms with Gasteiger partial charge in [0, 0.05) is 13.1 Å². The van der Waals surface area contributed by atoms with Crippen molar-refractivity contribution in [2.45, 2.75) is 26.1 Å². The third-order valence-corrected chi connectivity index (χ3v) is 7.50. The van der Waals surface area contributed by atoms with Crippen LogP contribution in [-0.4, -0.2) is 33.9 Å². The van der Waals surface area contributed by atoms with Crippen molar-refractivity contribution < 1.29 is 0 Å². The molecule has 3 aromatic carbocycles. The number of fused-ring (bicyclic) bond motifs is 1. The van der Waals surface area contributed by atoms with E-state index in [-0.39, 0.29) is 6.04 Å². The fourth-order valence-corrected chi connectivity index (χ4v) is 5.77. The van der Waals surface area contributed by atoms with Crippen LogP contribution in [0.15, 0.2) is 95.5 Å². The Labute approximate surface area is 200 Å². The van der Waals surface area contributed by atoms with Gasteiger partial charge in [-0.1, -0.05) is 102 Å². The van der Waals surface area contributed by atoms with Crippen LogP contribution < -0.4 is 0 Å². The van der Waals surface area contributed by atoms with Gasteiger partial charge in [-0.3, -0.25) is 9.80 Å². The lowest BCUT2D eigenvalue weighted by Gasteiger charge is -2.47. The first kappa shape index (κ1) is 21.8. The minimum atomic E-state index is -0.0322. The molecule has 1 atom stereocenters. The van der Waals surface area contributed by atoms with E-state index in [9.17, 15) is 5.26 Å². The number of nitrogens with zero attached hydrogens (tertiary/aromatic N) is 4. The number of aryl methyl sites for hydroxylation is 1. The summed E-state index contributed by atoms with van der Waals surface area (Å²) >= 11 is 1.80. The predicted octanol–water partition coefficient (Wildman–Crippen LogP) is 5.71. The van der Waals surface area contributed by atoms with Crippen LogP contribution in [0.25, 0.3) is 0 Å². The zero-order chi connectivity index (χ0) is 22.6. The summed E-state index contributed by atoms with van der Waals surface area (Å²) in [4.78, 5) is 7.27. The Hall–Kier alpha value is -3.04. The van der Waals surface area contributed by atoms with Gasteiger partial charge >= 0.3 is 0 Å². The van der Waals surface area contributed by atoms with Crippen molar-refractivity contribution in [1.29, 1.82) is 5.26 Å². The van der Waals surface area contributed by atoms with Gasteiger partial charge in [-0.2, -0.15) is 5.26 Å². The average molecular weight is 453 g/mol. The van der Waals surface area contributed by atoms with E-state index in [1.165, 1.54) is 22.3 Å². The van der Waals surface area contributed by atoms with Crippen LogP contribution >= 0.6 is 11.8 Å². The molecule has 0 saturated carbocycles. The minimum Gasteiger partial charge on any atom is -0.339 e. The molecule has 0 N–H and O–H groups in total. The Morgan fingerprint density at radius 1 is 0.848 bits per heavy atom. The smallest absolute Gasteiger partial charge is 0.0995 e. The van der Waals surface area contributed by atoms with Gasteiger partial charge in [0.15, 0.2) is 0 Å². The molecule has 0 bridgehead atoms. The van der Waals surface area contributed by atoms with Crippen molar-refractivity contribution in [3.05, 3.63) is 118 Å². The van der Waals surface area contributed by atoms with Crippen LogP contribution in [0, 0.1) is 18.3 Å². The quantitative estimate of drug-likeness (QED) is 0.495. The molecule has 1 fully saturated rings. The van der Waals surface area contributed by atoms with Crippen molar-refractivity contribution in [3.63, 3.8) is 0 Å². The summed E-state index contributed by atoms with van der Waals surface area (Å²) in [6.07, 6.45) is 0. The molecular weight excluding hydrogens is 424 g/mol. The number of thioether (sulfide) groups is 1. The lowest BCUT2D eigenvalue weighted by atomic mass is 9.95. The molecule has 3 aromatic rings. The third kappa shape index (κ3) is 4.84. The number of hydrogen-bond acceptors (Lipinski definition) is 5. The minimum absolute atomic E-state index is 0.0322. The fourth-order valence-electron chi connectivity index (χ4n) is 4.68. The summed E-state index contributed by atoms with van der Waals surface area (Å²) in [5, 5.41) is 11.4. The molecule has 33 heavy (non-hydrogen) atoms. The zero-order valence-electron chi connectivity index (χ0n) is 18.9. The van der Waals surface area contributed by atoms with Crippen LogP contribution in [0.3, 0.4) is 0 Å². The SMILES string of the molecule is Cc1ccc([C@@H]2C(C#N)=C3SCN(Cc4ccccc4)CN3CN2Cc2ccccc2)cc1. The number of rotatable bonds is 5. The molecule has 0 amide bonds. The summed E-state index contributed by atoms with van der Waals surface area (Å²) in [6.45, 7) is 5.45. The van der Waals surface area contributed by atoms with Gasteiger partial charge in [-0.15, -0.1) is 0 Å². The first-order chi connectivity index (χ1) is 16.2. The monoisotopic (exact) mass is 452 g/mol. The van der Waals surface area contributed by atoms with Gasteiger partial charge < -0.3 is 4.90 Å². The number of nitriles is 1. The first-order valence-electron chi connectivity index (χ1n) is 11.3. The Balaban J connectivity index is 1.47. The van der Waals surface area contributed by atoms with E-state index in [2.05, 4.69) is 113 Å². The largest absolute Gasteiger partial charge is 0.339 e.